The molecule has 2 aromatic heterocycles. The molecule has 0 atom stereocenters. The summed E-state index contributed by atoms with van der Waals surface area (Å²) in [5, 5.41) is 8.85. The normalized spacial score (nSPS) is 19.2. The van der Waals surface area contributed by atoms with Gasteiger partial charge in [0.1, 0.15) is 0 Å². The lowest BCUT2D eigenvalue weighted by atomic mass is 9.97. The Morgan fingerprint density at radius 2 is 1.83 bits per heavy atom. The Morgan fingerprint density at radius 3 is 2.58 bits per heavy atom. The van der Waals surface area contributed by atoms with Gasteiger partial charge in [0, 0.05) is 26.2 Å². The van der Waals surface area contributed by atoms with E-state index in [1.807, 2.05) is 0 Å². The van der Waals surface area contributed by atoms with Crippen molar-refractivity contribution in [1.82, 2.24) is 24.5 Å². The first-order chi connectivity index (χ1) is 11.6. The number of fused-ring (bicyclic) bond motifs is 1. The monoisotopic (exact) mass is 348 g/mol. The van der Waals surface area contributed by atoms with E-state index in [2.05, 4.69) is 31.1 Å². The van der Waals surface area contributed by atoms with E-state index in [1.54, 1.807) is 0 Å². The number of aromatic nitrogens is 4. The van der Waals surface area contributed by atoms with Crippen LogP contribution in [0.1, 0.15) is 24.1 Å². The van der Waals surface area contributed by atoms with Crippen molar-refractivity contribution < 1.29 is 8.42 Å². The highest BCUT2D eigenvalue weighted by Crippen LogP contribution is 2.23. The zero-order valence-electron chi connectivity index (χ0n) is 13.3. The van der Waals surface area contributed by atoms with E-state index in [4.69, 9.17) is 0 Å². The fourth-order valence-corrected chi connectivity index (χ4v) is 4.63. The van der Waals surface area contributed by atoms with Gasteiger partial charge in [-0.25, -0.2) is 13.4 Å². The smallest absolute Gasteiger partial charge is 0.260 e. The molecule has 0 spiro atoms. The topological polar surface area (TPSA) is 95.1 Å². The number of nitrogens with zero attached hydrogens (tertiary/aromatic N) is 5. The van der Waals surface area contributed by atoms with E-state index < -0.39 is 10.0 Å². The number of piperazine rings is 1. The molecule has 0 bridgehead atoms. The summed E-state index contributed by atoms with van der Waals surface area (Å²) in [7, 11) is -3.49. The van der Waals surface area contributed by atoms with Gasteiger partial charge in [0.2, 0.25) is 0 Å². The molecular weight excluding hydrogens is 328 g/mol. The van der Waals surface area contributed by atoms with Crippen LogP contribution in [-0.2, 0) is 22.9 Å². The largest absolute Gasteiger partial charge is 0.352 e. The third-order valence-corrected chi connectivity index (χ3v) is 6.53. The average Bonchev–Trinajstić information content (AvgIpc) is 3.17. The summed E-state index contributed by atoms with van der Waals surface area (Å²) in [6, 6.07) is 2.13. The fourth-order valence-electron chi connectivity index (χ4n) is 3.31. The first-order valence-electron chi connectivity index (χ1n) is 8.23. The second-order valence-electron chi connectivity index (χ2n) is 6.19. The number of hydrogen-bond acceptors (Lipinski definition) is 6. The van der Waals surface area contributed by atoms with Crippen molar-refractivity contribution in [3.8, 4) is 0 Å². The minimum absolute atomic E-state index is 0.143. The van der Waals surface area contributed by atoms with Crippen molar-refractivity contribution in [2.24, 2.45) is 0 Å². The van der Waals surface area contributed by atoms with Gasteiger partial charge in [0.25, 0.3) is 10.0 Å². The Morgan fingerprint density at radius 1 is 1.04 bits per heavy atom. The van der Waals surface area contributed by atoms with Crippen LogP contribution >= 0.6 is 0 Å². The van der Waals surface area contributed by atoms with E-state index in [9.17, 15) is 8.42 Å². The van der Waals surface area contributed by atoms with E-state index in [-0.39, 0.29) is 5.03 Å². The number of rotatable bonds is 3. The Balaban J connectivity index is 1.47. The van der Waals surface area contributed by atoms with Gasteiger partial charge < -0.3 is 9.88 Å². The van der Waals surface area contributed by atoms with E-state index in [0.29, 0.717) is 26.2 Å². The third kappa shape index (κ3) is 2.78. The van der Waals surface area contributed by atoms with Gasteiger partial charge in [0.05, 0.1) is 18.2 Å². The number of imidazole rings is 1. The lowest BCUT2D eigenvalue weighted by molar-refractivity contribution is 0.382. The molecule has 4 rings (SSSR count). The SMILES string of the molecule is O=S(=O)(c1cnc[nH]1)N1CCN(c2cc3c(nn2)CCCC3)CC1. The van der Waals surface area contributed by atoms with Crippen LogP contribution in [0.25, 0.3) is 0 Å². The number of aromatic amines is 1. The van der Waals surface area contributed by atoms with Crippen molar-refractivity contribution in [2.75, 3.05) is 31.1 Å². The lowest BCUT2D eigenvalue weighted by Crippen LogP contribution is -2.49. The van der Waals surface area contributed by atoms with Crippen LogP contribution in [0.2, 0.25) is 0 Å². The summed E-state index contributed by atoms with van der Waals surface area (Å²) in [5.74, 6) is 0.856. The van der Waals surface area contributed by atoms with E-state index in [0.717, 1.165) is 24.4 Å². The molecule has 0 unspecified atom stereocenters. The van der Waals surface area contributed by atoms with Crippen LogP contribution in [0.4, 0.5) is 5.82 Å². The molecule has 8 nitrogen and oxygen atoms in total. The van der Waals surface area contributed by atoms with Crippen molar-refractivity contribution in [1.29, 1.82) is 0 Å². The number of sulfonamides is 1. The van der Waals surface area contributed by atoms with Gasteiger partial charge in [-0.3, -0.25) is 0 Å². The Hall–Kier alpha value is -2.00. The van der Waals surface area contributed by atoms with Gasteiger partial charge in [-0.05, 0) is 37.3 Å². The van der Waals surface area contributed by atoms with Gasteiger partial charge in [-0.15, -0.1) is 5.10 Å². The van der Waals surface area contributed by atoms with E-state index >= 15 is 0 Å². The Bertz CT molecular complexity index is 812. The molecule has 0 radical (unpaired) electrons. The van der Waals surface area contributed by atoms with Crippen molar-refractivity contribution in [3.63, 3.8) is 0 Å². The van der Waals surface area contributed by atoms with Crippen molar-refractivity contribution in [3.05, 3.63) is 29.8 Å². The summed E-state index contributed by atoms with van der Waals surface area (Å²) in [6.07, 6.45) is 7.19. The van der Waals surface area contributed by atoms with Gasteiger partial charge in [0.15, 0.2) is 10.8 Å². The molecule has 9 heteroatoms. The highest BCUT2D eigenvalue weighted by Gasteiger charge is 2.30. The minimum Gasteiger partial charge on any atom is -0.352 e. The zero-order chi connectivity index (χ0) is 16.6. The number of hydrogen-bond donors (Lipinski definition) is 1. The molecule has 128 valence electrons. The number of nitrogens with one attached hydrogen (secondary N) is 1. The van der Waals surface area contributed by atoms with Crippen LogP contribution in [0.5, 0.6) is 0 Å². The molecule has 3 heterocycles. The molecule has 1 saturated heterocycles. The lowest BCUT2D eigenvalue weighted by Gasteiger charge is -2.34. The average molecular weight is 348 g/mol. The maximum absolute atomic E-state index is 12.5. The number of anilines is 1. The Kier molecular flexibility index (Phi) is 3.97. The first-order valence-corrected chi connectivity index (χ1v) is 9.67. The molecule has 0 saturated carbocycles. The number of H-pyrrole nitrogens is 1. The van der Waals surface area contributed by atoms with Crippen LogP contribution in [-0.4, -0.2) is 59.1 Å². The van der Waals surface area contributed by atoms with Gasteiger partial charge in [-0.2, -0.15) is 9.40 Å². The maximum atomic E-state index is 12.5. The van der Waals surface area contributed by atoms with Crippen molar-refractivity contribution in [2.45, 2.75) is 30.7 Å². The Labute approximate surface area is 141 Å². The van der Waals surface area contributed by atoms with Crippen LogP contribution in [0, 0.1) is 0 Å². The highest BCUT2D eigenvalue weighted by atomic mass is 32.2. The van der Waals surface area contributed by atoms with Gasteiger partial charge >= 0.3 is 0 Å². The third-order valence-electron chi connectivity index (χ3n) is 4.71. The molecule has 24 heavy (non-hydrogen) atoms. The standard InChI is InChI=1S/C15H20N6O2S/c22-24(23,15-10-16-11-17-15)21-7-5-20(6-8-21)14-9-12-3-1-2-4-13(12)18-19-14/h9-11H,1-8H2,(H,16,17). The highest BCUT2D eigenvalue weighted by molar-refractivity contribution is 7.89. The van der Waals surface area contributed by atoms with Crippen LogP contribution in [0.15, 0.2) is 23.6 Å². The molecule has 2 aliphatic rings. The van der Waals surface area contributed by atoms with Crippen LogP contribution < -0.4 is 4.90 Å². The molecule has 0 amide bonds. The molecule has 1 aliphatic carbocycles. The molecule has 1 fully saturated rings. The minimum atomic E-state index is -3.49. The summed E-state index contributed by atoms with van der Waals surface area (Å²) < 4.78 is 26.5. The molecule has 2 aromatic rings. The number of aryl methyl sites for hydroxylation is 2. The maximum Gasteiger partial charge on any atom is 0.260 e. The van der Waals surface area contributed by atoms with Crippen LogP contribution in [0.3, 0.4) is 0 Å². The molecule has 0 aromatic carbocycles. The fraction of sp³-hybridized carbons (Fsp3) is 0.533. The molecule has 1 aliphatic heterocycles. The van der Waals surface area contributed by atoms with Gasteiger partial charge in [-0.1, -0.05) is 0 Å². The van der Waals surface area contributed by atoms with Crippen molar-refractivity contribution >= 4 is 15.8 Å². The predicted molar refractivity (Wildman–Crippen MR) is 88.2 cm³/mol. The molecular formula is C15H20N6O2S. The summed E-state index contributed by atoms with van der Waals surface area (Å²) >= 11 is 0. The summed E-state index contributed by atoms with van der Waals surface area (Å²) in [5.41, 5.74) is 2.41. The summed E-state index contributed by atoms with van der Waals surface area (Å²) in [6.45, 7) is 2.09. The van der Waals surface area contributed by atoms with E-state index in [1.165, 1.54) is 35.2 Å². The summed E-state index contributed by atoms with van der Waals surface area (Å²) in [4.78, 5) is 8.58. The zero-order valence-corrected chi connectivity index (χ0v) is 14.2. The second-order valence-corrected chi connectivity index (χ2v) is 8.09. The first kappa shape index (κ1) is 15.5. The quantitative estimate of drug-likeness (QED) is 0.872. The predicted octanol–water partition coefficient (Wildman–Crippen LogP) is 0.589. The molecule has 1 N–H and O–H groups in total. The second kappa shape index (κ2) is 6.14.